The molecule has 11 heteroatoms. The topological polar surface area (TPSA) is 113 Å². The van der Waals surface area contributed by atoms with Gasteiger partial charge in [0.25, 0.3) is 15.9 Å². The summed E-state index contributed by atoms with van der Waals surface area (Å²) in [6.07, 6.45) is -0.227. The van der Waals surface area contributed by atoms with Gasteiger partial charge in [0, 0.05) is 17.1 Å². The molecular weight excluding hydrogens is 491 g/mol. The molecule has 8 nitrogen and oxygen atoms in total. The molecule has 0 aliphatic carbocycles. The van der Waals surface area contributed by atoms with Gasteiger partial charge in [0.05, 0.1) is 22.0 Å². The van der Waals surface area contributed by atoms with Crippen molar-refractivity contribution in [2.75, 3.05) is 11.0 Å². The number of anilines is 1. The van der Waals surface area contributed by atoms with Crippen molar-refractivity contribution in [2.45, 2.75) is 11.3 Å². The number of sulfonamides is 1. The summed E-state index contributed by atoms with van der Waals surface area (Å²) >= 11 is 12.1. The molecule has 3 aromatic rings. The van der Waals surface area contributed by atoms with E-state index in [1.807, 2.05) is 0 Å². The van der Waals surface area contributed by atoms with E-state index in [4.69, 9.17) is 33.1 Å². The molecule has 3 rings (SSSR count). The van der Waals surface area contributed by atoms with Crippen LogP contribution in [-0.4, -0.2) is 31.9 Å². The summed E-state index contributed by atoms with van der Waals surface area (Å²) in [5, 5.41) is 11.6. The number of nitrogens with zero attached hydrogens (tertiary/aromatic N) is 1. The zero-order valence-corrected chi connectivity index (χ0v) is 19.3. The molecule has 0 heterocycles. The van der Waals surface area contributed by atoms with Gasteiger partial charge in [0.15, 0.2) is 5.75 Å². The molecule has 0 bridgehead atoms. The Labute approximate surface area is 200 Å². The van der Waals surface area contributed by atoms with E-state index in [1.54, 1.807) is 30.3 Å². The number of carboxylic acids is 1. The van der Waals surface area contributed by atoms with E-state index in [-0.39, 0.29) is 39.9 Å². The first-order chi connectivity index (χ1) is 15.7. The molecule has 0 saturated heterocycles. The maximum Gasteiger partial charge on any atom is 0.305 e. The van der Waals surface area contributed by atoms with Gasteiger partial charge >= 0.3 is 5.97 Å². The van der Waals surface area contributed by atoms with Crippen LogP contribution >= 0.6 is 23.2 Å². The summed E-state index contributed by atoms with van der Waals surface area (Å²) in [6, 6.07) is 17.6. The summed E-state index contributed by atoms with van der Waals surface area (Å²) in [5.41, 5.74) is 0.395. The van der Waals surface area contributed by atoms with Gasteiger partial charge in [0.2, 0.25) is 0 Å². The number of carbonyl (C=O) groups is 2. The Bertz CT molecular complexity index is 1250. The number of hydrogen-bond donors (Lipinski definition) is 2. The predicted octanol–water partition coefficient (Wildman–Crippen LogP) is 4.39. The molecule has 0 unspecified atom stereocenters. The number of para-hydroxylation sites is 1. The van der Waals surface area contributed by atoms with E-state index in [2.05, 4.69) is 5.32 Å². The molecule has 0 aliphatic heterocycles. The molecule has 0 aromatic heterocycles. The minimum absolute atomic E-state index is 0.0499. The van der Waals surface area contributed by atoms with Gasteiger partial charge in [-0.25, -0.2) is 0 Å². The zero-order valence-electron chi connectivity index (χ0n) is 16.9. The molecule has 0 aliphatic rings. The van der Waals surface area contributed by atoms with Gasteiger partial charge in [-0.3, -0.25) is 9.59 Å². The van der Waals surface area contributed by atoms with Crippen LogP contribution in [0.2, 0.25) is 10.0 Å². The number of nitrogens with one attached hydrogen (secondary N) is 1. The lowest BCUT2D eigenvalue weighted by Gasteiger charge is -2.24. The van der Waals surface area contributed by atoms with Crippen LogP contribution in [0, 0.1) is 0 Å². The molecule has 1 amide bonds. The second-order valence-electron chi connectivity index (χ2n) is 6.66. The number of carboxylic acid groups (broad SMARTS) is 1. The van der Waals surface area contributed by atoms with E-state index in [9.17, 15) is 18.0 Å². The number of amides is 1. The third-order valence-corrected chi connectivity index (χ3v) is 6.42. The third-order valence-electron chi connectivity index (χ3n) is 4.30. The molecule has 0 spiro atoms. The van der Waals surface area contributed by atoms with Gasteiger partial charge in [-0.1, -0.05) is 45.9 Å². The Morgan fingerprint density at radius 1 is 0.970 bits per heavy atom. The maximum absolute atomic E-state index is 13.4. The summed E-state index contributed by atoms with van der Waals surface area (Å²) in [4.78, 5) is 28.2. The van der Waals surface area contributed by atoms with E-state index in [0.29, 0.717) is 5.02 Å². The second-order valence-corrected chi connectivity index (χ2v) is 9.25. The van der Waals surface area contributed by atoms with Gasteiger partial charge in [-0.05, 0) is 54.6 Å². The van der Waals surface area contributed by atoms with Crippen LogP contribution in [0.25, 0.3) is 0 Å². The van der Waals surface area contributed by atoms with Gasteiger partial charge in [-0.2, -0.15) is 8.42 Å². The molecule has 0 atom stereocenters. The summed E-state index contributed by atoms with van der Waals surface area (Å²) in [5.74, 6) is -1.49. The first-order valence-electron chi connectivity index (χ1n) is 9.52. The Morgan fingerprint density at radius 2 is 1.64 bits per heavy atom. The average molecular weight is 509 g/mol. The minimum Gasteiger partial charge on any atom is -0.481 e. The first kappa shape index (κ1) is 24.4. The van der Waals surface area contributed by atoms with Crippen molar-refractivity contribution in [3.05, 3.63) is 88.4 Å². The van der Waals surface area contributed by atoms with Gasteiger partial charge in [0.1, 0.15) is 0 Å². The van der Waals surface area contributed by atoms with Crippen molar-refractivity contribution in [3.63, 3.8) is 0 Å². The SMILES string of the molecule is O=C(O)CCNC(=O)c1ccc(S(=O)(=O)N(Oc2ccc(Cl)cc2Cl)c2ccccc2)cc1. The molecule has 172 valence electrons. The van der Waals surface area contributed by atoms with Crippen molar-refractivity contribution in [1.82, 2.24) is 5.32 Å². The lowest BCUT2D eigenvalue weighted by Crippen LogP contribution is -2.34. The molecule has 33 heavy (non-hydrogen) atoms. The number of carbonyl (C=O) groups excluding carboxylic acids is 1. The summed E-state index contributed by atoms with van der Waals surface area (Å²) in [7, 11) is -4.24. The molecule has 3 aromatic carbocycles. The number of rotatable bonds is 9. The standard InChI is InChI=1S/C22H18Cl2N2O6S/c23-16-8-11-20(19(24)14-16)32-26(17-4-2-1-3-5-17)33(30,31)18-9-6-15(7-10-18)22(29)25-13-12-21(27)28/h1-11,14H,12-13H2,(H,25,29)(H,27,28). The van der Waals surface area contributed by atoms with E-state index >= 15 is 0 Å². The van der Waals surface area contributed by atoms with Crippen LogP contribution < -0.4 is 14.6 Å². The first-order valence-corrected chi connectivity index (χ1v) is 11.7. The van der Waals surface area contributed by atoms with Gasteiger partial charge in [-0.15, -0.1) is 0 Å². The normalized spacial score (nSPS) is 11.0. The van der Waals surface area contributed by atoms with E-state index in [1.165, 1.54) is 42.5 Å². The van der Waals surface area contributed by atoms with Crippen LogP contribution in [0.15, 0.2) is 77.7 Å². The zero-order chi connectivity index (χ0) is 24.0. The van der Waals surface area contributed by atoms with Crippen LogP contribution in [0.1, 0.15) is 16.8 Å². The highest BCUT2D eigenvalue weighted by atomic mass is 35.5. The molecular formula is C22H18Cl2N2O6S. The lowest BCUT2D eigenvalue weighted by atomic mass is 10.2. The van der Waals surface area contributed by atoms with Crippen molar-refractivity contribution >= 4 is 50.8 Å². The van der Waals surface area contributed by atoms with E-state index < -0.39 is 21.9 Å². The van der Waals surface area contributed by atoms with Crippen LogP contribution in [-0.2, 0) is 14.8 Å². The Morgan fingerprint density at radius 3 is 2.24 bits per heavy atom. The van der Waals surface area contributed by atoms with Crippen molar-refractivity contribution in [3.8, 4) is 5.75 Å². The largest absolute Gasteiger partial charge is 0.481 e. The fourth-order valence-electron chi connectivity index (χ4n) is 2.69. The smallest absolute Gasteiger partial charge is 0.305 e. The highest BCUT2D eigenvalue weighted by Gasteiger charge is 2.28. The quantitative estimate of drug-likeness (QED) is 0.414. The highest BCUT2D eigenvalue weighted by molar-refractivity contribution is 7.92. The molecule has 0 fully saturated rings. The minimum atomic E-state index is -4.24. The fourth-order valence-corrected chi connectivity index (χ4v) is 4.38. The highest BCUT2D eigenvalue weighted by Crippen LogP contribution is 2.32. The predicted molar refractivity (Wildman–Crippen MR) is 124 cm³/mol. The number of hydrogen-bond acceptors (Lipinski definition) is 5. The van der Waals surface area contributed by atoms with Crippen molar-refractivity contribution in [2.24, 2.45) is 0 Å². The third kappa shape index (κ3) is 6.16. The molecule has 2 N–H and O–H groups in total. The van der Waals surface area contributed by atoms with E-state index in [0.717, 1.165) is 4.47 Å². The van der Waals surface area contributed by atoms with Gasteiger partial charge < -0.3 is 15.3 Å². The fraction of sp³-hybridized carbons (Fsp3) is 0.0909. The molecule has 0 radical (unpaired) electrons. The number of benzene rings is 3. The van der Waals surface area contributed by atoms with Crippen molar-refractivity contribution < 1.29 is 28.0 Å². The molecule has 0 saturated carbocycles. The maximum atomic E-state index is 13.4. The van der Waals surface area contributed by atoms with Crippen LogP contribution in [0.5, 0.6) is 5.75 Å². The summed E-state index contributed by atoms with van der Waals surface area (Å²) in [6.45, 7) is -0.0499. The van der Waals surface area contributed by atoms with Crippen molar-refractivity contribution in [1.29, 1.82) is 0 Å². The summed E-state index contributed by atoms with van der Waals surface area (Å²) < 4.78 is 27.5. The monoisotopic (exact) mass is 508 g/mol. The lowest BCUT2D eigenvalue weighted by molar-refractivity contribution is -0.136. The number of aliphatic carboxylic acids is 1. The Balaban J connectivity index is 1.90. The van der Waals surface area contributed by atoms with Crippen LogP contribution in [0.3, 0.4) is 0 Å². The van der Waals surface area contributed by atoms with Crippen LogP contribution in [0.4, 0.5) is 5.69 Å². The Kier molecular flexibility index (Phi) is 7.80. The average Bonchev–Trinajstić information content (AvgIpc) is 2.78. The number of halogens is 2. The second kappa shape index (κ2) is 10.6. The Hall–Kier alpha value is -3.27.